The van der Waals surface area contributed by atoms with Crippen molar-refractivity contribution >= 4 is 39.9 Å². The molecule has 2 aromatic carbocycles. The Kier molecular flexibility index (Phi) is 6.09. The van der Waals surface area contributed by atoms with Crippen LogP contribution in [0, 0.1) is 0 Å². The number of rotatable bonds is 7. The van der Waals surface area contributed by atoms with Gasteiger partial charge in [0.15, 0.2) is 5.76 Å². The summed E-state index contributed by atoms with van der Waals surface area (Å²) in [4.78, 5) is 21.9. The van der Waals surface area contributed by atoms with Crippen molar-refractivity contribution in [3.63, 3.8) is 0 Å². The van der Waals surface area contributed by atoms with Crippen LogP contribution in [0.2, 0.25) is 10.2 Å². The Morgan fingerprint density at radius 3 is 2.65 bits per heavy atom. The molecule has 0 aliphatic heterocycles. The lowest BCUT2D eigenvalue weighted by atomic mass is 10.1. The van der Waals surface area contributed by atoms with E-state index in [1.54, 1.807) is 18.5 Å². The van der Waals surface area contributed by atoms with Crippen molar-refractivity contribution in [2.45, 2.75) is 13.5 Å². The molecule has 170 valence electrons. The van der Waals surface area contributed by atoms with Crippen LogP contribution in [-0.4, -0.2) is 26.9 Å². The summed E-state index contributed by atoms with van der Waals surface area (Å²) in [5, 5.41) is 1.64. The standard InChI is InChI=1S/C26H19Cl2N3O3/c1-2-33-19-9-10-21-20(12-19)23(25(28)31(21)15-16-5-7-18(27)8-6-16)24(32)22-14-30-26(34-22)17-4-3-11-29-13-17/h3-14H,2,15H2,1H3. The number of ketones is 1. The Labute approximate surface area is 205 Å². The molecule has 0 saturated heterocycles. The van der Waals surface area contributed by atoms with Crippen LogP contribution in [0.1, 0.15) is 28.6 Å². The fraction of sp³-hybridized carbons (Fsp3) is 0.115. The lowest BCUT2D eigenvalue weighted by molar-refractivity contribution is 0.101. The molecule has 0 saturated carbocycles. The van der Waals surface area contributed by atoms with Crippen molar-refractivity contribution in [3.05, 3.63) is 100 Å². The van der Waals surface area contributed by atoms with Gasteiger partial charge in [0.1, 0.15) is 10.9 Å². The van der Waals surface area contributed by atoms with Gasteiger partial charge in [-0.05, 0) is 55.0 Å². The number of carbonyl (C=O) groups is 1. The van der Waals surface area contributed by atoms with Crippen molar-refractivity contribution in [1.82, 2.24) is 14.5 Å². The monoisotopic (exact) mass is 491 g/mol. The second-order valence-corrected chi connectivity index (χ2v) is 8.39. The fourth-order valence-corrected chi connectivity index (χ4v) is 4.29. The minimum Gasteiger partial charge on any atom is -0.494 e. The van der Waals surface area contributed by atoms with Gasteiger partial charge >= 0.3 is 0 Å². The molecule has 34 heavy (non-hydrogen) atoms. The Balaban J connectivity index is 1.61. The van der Waals surface area contributed by atoms with Gasteiger partial charge in [-0.2, -0.15) is 0 Å². The highest BCUT2D eigenvalue weighted by molar-refractivity contribution is 6.37. The maximum atomic E-state index is 13.6. The number of hydrogen-bond donors (Lipinski definition) is 0. The highest BCUT2D eigenvalue weighted by atomic mass is 35.5. The molecule has 3 aromatic heterocycles. The number of ether oxygens (including phenoxy) is 1. The fourth-order valence-electron chi connectivity index (χ4n) is 3.83. The van der Waals surface area contributed by atoms with Crippen LogP contribution in [-0.2, 0) is 6.54 Å². The molecule has 5 rings (SSSR count). The lowest BCUT2D eigenvalue weighted by Gasteiger charge is -2.08. The molecule has 0 atom stereocenters. The van der Waals surface area contributed by atoms with E-state index in [9.17, 15) is 4.79 Å². The summed E-state index contributed by atoms with van der Waals surface area (Å²) in [7, 11) is 0. The van der Waals surface area contributed by atoms with Crippen LogP contribution in [0.15, 0.2) is 77.6 Å². The molecular formula is C26H19Cl2N3O3. The molecule has 0 N–H and O–H groups in total. The van der Waals surface area contributed by atoms with E-state index in [-0.39, 0.29) is 11.5 Å². The molecule has 0 aliphatic rings. The molecule has 8 heteroatoms. The van der Waals surface area contributed by atoms with Gasteiger partial charge in [-0.1, -0.05) is 35.3 Å². The van der Waals surface area contributed by atoms with E-state index in [1.165, 1.54) is 6.20 Å². The van der Waals surface area contributed by atoms with Gasteiger partial charge in [0, 0.05) is 29.3 Å². The zero-order valence-corrected chi connectivity index (χ0v) is 19.7. The second kappa shape index (κ2) is 9.33. The molecule has 6 nitrogen and oxygen atoms in total. The summed E-state index contributed by atoms with van der Waals surface area (Å²) in [6.07, 6.45) is 4.69. The van der Waals surface area contributed by atoms with E-state index in [4.69, 9.17) is 32.4 Å². The number of aromatic nitrogens is 3. The molecule has 0 unspecified atom stereocenters. The SMILES string of the molecule is CCOc1ccc2c(c1)c(C(=O)c1cnc(-c3cccnc3)o1)c(Cl)n2Cc1ccc(Cl)cc1. The van der Waals surface area contributed by atoms with Gasteiger partial charge in [0.25, 0.3) is 0 Å². The van der Waals surface area contributed by atoms with Gasteiger partial charge in [0.05, 0.1) is 29.4 Å². The number of halogens is 2. The van der Waals surface area contributed by atoms with Gasteiger partial charge in [0.2, 0.25) is 11.7 Å². The van der Waals surface area contributed by atoms with Crippen LogP contribution in [0.3, 0.4) is 0 Å². The first kappa shape index (κ1) is 22.2. The van der Waals surface area contributed by atoms with Crippen molar-refractivity contribution in [2.75, 3.05) is 6.61 Å². The number of hydrogen-bond acceptors (Lipinski definition) is 5. The van der Waals surface area contributed by atoms with E-state index in [0.29, 0.717) is 51.5 Å². The largest absolute Gasteiger partial charge is 0.494 e. The van der Waals surface area contributed by atoms with E-state index in [1.807, 2.05) is 60.0 Å². The highest BCUT2D eigenvalue weighted by Gasteiger charge is 2.26. The molecule has 0 fully saturated rings. The van der Waals surface area contributed by atoms with Crippen LogP contribution in [0.5, 0.6) is 5.75 Å². The van der Waals surface area contributed by atoms with Crippen LogP contribution in [0.4, 0.5) is 0 Å². The molecule has 0 aliphatic carbocycles. The van der Waals surface area contributed by atoms with Gasteiger partial charge in [-0.3, -0.25) is 9.78 Å². The normalized spacial score (nSPS) is 11.1. The van der Waals surface area contributed by atoms with Crippen LogP contribution in [0.25, 0.3) is 22.4 Å². The predicted octanol–water partition coefficient (Wildman–Crippen LogP) is 6.68. The Morgan fingerprint density at radius 2 is 1.91 bits per heavy atom. The van der Waals surface area contributed by atoms with Crippen molar-refractivity contribution in [3.8, 4) is 17.2 Å². The Morgan fingerprint density at radius 1 is 1.09 bits per heavy atom. The van der Waals surface area contributed by atoms with Crippen molar-refractivity contribution in [1.29, 1.82) is 0 Å². The number of benzene rings is 2. The minimum atomic E-state index is -0.360. The van der Waals surface area contributed by atoms with Gasteiger partial charge in [-0.15, -0.1) is 0 Å². The summed E-state index contributed by atoms with van der Waals surface area (Å²) in [6.45, 7) is 2.87. The summed E-state index contributed by atoms with van der Waals surface area (Å²) in [6, 6.07) is 16.7. The maximum Gasteiger partial charge on any atom is 0.233 e. The summed E-state index contributed by atoms with van der Waals surface area (Å²) >= 11 is 12.9. The zero-order chi connectivity index (χ0) is 23.7. The average Bonchev–Trinajstić information content (AvgIpc) is 3.45. The maximum absolute atomic E-state index is 13.6. The smallest absolute Gasteiger partial charge is 0.233 e. The van der Waals surface area contributed by atoms with Crippen LogP contribution >= 0.6 is 23.2 Å². The number of pyridine rings is 1. The Hall–Kier alpha value is -3.61. The van der Waals surface area contributed by atoms with E-state index < -0.39 is 0 Å². The third-order valence-electron chi connectivity index (χ3n) is 5.40. The van der Waals surface area contributed by atoms with Crippen molar-refractivity contribution in [2.24, 2.45) is 0 Å². The van der Waals surface area contributed by atoms with Gasteiger partial charge < -0.3 is 13.7 Å². The molecule has 0 radical (unpaired) electrons. The molecule has 5 aromatic rings. The van der Waals surface area contributed by atoms with Crippen LogP contribution < -0.4 is 4.74 Å². The van der Waals surface area contributed by atoms with E-state index in [2.05, 4.69) is 9.97 Å². The Bertz CT molecular complexity index is 1480. The molecule has 3 heterocycles. The summed E-state index contributed by atoms with van der Waals surface area (Å²) in [5.41, 5.74) is 2.81. The number of fused-ring (bicyclic) bond motifs is 1. The average molecular weight is 492 g/mol. The first-order valence-corrected chi connectivity index (χ1v) is 11.4. The van der Waals surface area contributed by atoms with Crippen molar-refractivity contribution < 1.29 is 13.9 Å². The van der Waals surface area contributed by atoms with E-state index >= 15 is 0 Å². The summed E-state index contributed by atoms with van der Waals surface area (Å²) < 4.78 is 13.4. The molecular weight excluding hydrogens is 473 g/mol. The quantitative estimate of drug-likeness (QED) is 0.237. The molecule has 0 bridgehead atoms. The second-order valence-electron chi connectivity index (χ2n) is 7.59. The third kappa shape index (κ3) is 4.18. The molecule has 0 amide bonds. The predicted molar refractivity (Wildman–Crippen MR) is 132 cm³/mol. The zero-order valence-electron chi connectivity index (χ0n) is 18.2. The minimum absolute atomic E-state index is 0.0908. The topological polar surface area (TPSA) is 70.2 Å². The summed E-state index contributed by atoms with van der Waals surface area (Å²) in [5.74, 6) is 0.694. The number of carbonyl (C=O) groups excluding carboxylic acids is 1. The highest BCUT2D eigenvalue weighted by Crippen LogP contribution is 2.35. The number of nitrogens with zero attached hydrogens (tertiary/aromatic N) is 3. The first-order valence-electron chi connectivity index (χ1n) is 10.6. The van der Waals surface area contributed by atoms with Gasteiger partial charge in [-0.25, -0.2) is 4.98 Å². The van der Waals surface area contributed by atoms with E-state index in [0.717, 1.165) is 11.1 Å². The molecule has 0 spiro atoms. The third-order valence-corrected chi connectivity index (χ3v) is 6.05. The first-order chi connectivity index (χ1) is 16.5. The lowest BCUT2D eigenvalue weighted by Crippen LogP contribution is -2.03. The number of oxazole rings is 1.